The van der Waals surface area contributed by atoms with Gasteiger partial charge in [-0.15, -0.1) is 0 Å². The lowest BCUT2D eigenvalue weighted by Gasteiger charge is -2.05. The molecule has 0 aliphatic carbocycles. The van der Waals surface area contributed by atoms with Gasteiger partial charge in [0.1, 0.15) is 5.82 Å². The van der Waals surface area contributed by atoms with E-state index in [0.29, 0.717) is 0 Å². The van der Waals surface area contributed by atoms with E-state index in [1.165, 1.54) is 24.5 Å². The molecule has 0 saturated carbocycles. The summed E-state index contributed by atoms with van der Waals surface area (Å²) in [5.74, 6) is -0.233. The quantitative estimate of drug-likeness (QED) is 0.875. The minimum Gasteiger partial charge on any atom is -0.434 e. The molecule has 16 heavy (non-hydrogen) atoms. The van der Waals surface area contributed by atoms with Crippen molar-refractivity contribution >= 4 is 17.4 Å². The zero-order chi connectivity index (χ0) is 11.5. The molecule has 0 unspecified atom stereocenters. The maximum atomic E-state index is 13.4. The minimum atomic E-state index is -0.636. The van der Waals surface area contributed by atoms with Crippen molar-refractivity contribution in [2.24, 2.45) is 0 Å². The number of nitrogens with two attached hydrogens (primary N) is 1. The number of halogens is 2. The molecular weight excluding hydrogens is 233 g/mol. The van der Waals surface area contributed by atoms with Gasteiger partial charge >= 0.3 is 0 Å². The molecule has 82 valence electrons. The van der Waals surface area contributed by atoms with E-state index < -0.39 is 5.82 Å². The lowest BCUT2D eigenvalue weighted by Crippen LogP contribution is -1.95. The van der Waals surface area contributed by atoms with E-state index in [4.69, 9.17) is 22.1 Å². The van der Waals surface area contributed by atoms with Crippen LogP contribution in [0.4, 0.5) is 10.2 Å². The Morgan fingerprint density at radius 1 is 1.25 bits per heavy atom. The van der Waals surface area contributed by atoms with Crippen LogP contribution < -0.4 is 10.5 Å². The molecule has 1 aromatic carbocycles. The maximum Gasteiger partial charge on any atom is 0.238 e. The predicted molar refractivity (Wildman–Crippen MR) is 57.9 cm³/mol. The first kappa shape index (κ1) is 10.6. The lowest BCUT2D eigenvalue weighted by atomic mass is 10.3. The van der Waals surface area contributed by atoms with Gasteiger partial charge in [0.05, 0.1) is 17.4 Å². The summed E-state index contributed by atoms with van der Waals surface area (Å²) in [6.45, 7) is 0. The van der Waals surface area contributed by atoms with Crippen LogP contribution in [0, 0.1) is 5.82 Å². The fourth-order valence-electron chi connectivity index (χ4n) is 1.05. The Morgan fingerprint density at radius 3 is 2.75 bits per heavy atom. The van der Waals surface area contributed by atoms with E-state index in [2.05, 4.69) is 9.97 Å². The second kappa shape index (κ2) is 4.32. The van der Waals surface area contributed by atoms with Crippen LogP contribution >= 0.6 is 11.6 Å². The number of hydrogen-bond acceptors (Lipinski definition) is 4. The SMILES string of the molecule is Nc1cnc(Oc2cccc(Cl)c2F)cn1. The molecule has 1 heterocycles. The van der Waals surface area contributed by atoms with Crippen molar-refractivity contribution in [2.45, 2.75) is 0 Å². The summed E-state index contributed by atoms with van der Waals surface area (Å²) in [6, 6.07) is 4.45. The van der Waals surface area contributed by atoms with Crippen molar-refractivity contribution in [3.05, 3.63) is 41.4 Å². The van der Waals surface area contributed by atoms with Crippen LogP contribution in [-0.2, 0) is 0 Å². The van der Waals surface area contributed by atoms with Gasteiger partial charge in [-0.2, -0.15) is 0 Å². The summed E-state index contributed by atoms with van der Waals surface area (Å²) in [4.78, 5) is 7.59. The highest BCUT2D eigenvalue weighted by Crippen LogP contribution is 2.27. The first-order chi connectivity index (χ1) is 7.66. The van der Waals surface area contributed by atoms with Crippen molar-refractivity contribution < 1.29 is 9.13 Å². The second-order valence-electron chi connectivity index (χ2n) is 2.93. The van der Waals surface area contributed by atoms with Crippen LogP contribution in [0.5, 0.6) is 11.6 Å². The largest absolute Gasteiger partial charge is 0.434 e. The van der Waals surface area contributed by atoms with Crippen LogP contribution in [-0.4, -0.2) is 9.97 Å². The third kappa shape index (κ3) is 2.20. The van der Waals surface area contributed by atoms with Gasteiger partial charge in [-0.3, -0.25) is 0 Å². The van der Waals surface area contributed by atoms with Gasteiger partial charge in [0.25, 0.3) is 0 Å². The topological polar surface area (TPSA) is 61.0 Å². The molecular formula is C10H7ClFN3O. The van der Waals surface area contributed by atoms with Gasteiger partial charge in [0, 0.05) is 0 Å². The van der Waals surface area contributed by atoms with E-state index >= 15 is 0 Å². The third-order valence-electron chi connectivity index (χ3n) is 1.78. The van der Waals surface area contributed by atoms with Gasteiger partial charge in [-0.25, -0.2) is 14.4 Å². The number of nitrogens with zero attached hydrogens (tertiary/aromatic N) is 2. The number of ether oxygens (including phenoxy) is 1. The molecule has 0 atom stereocenters. The Kier molecular flexibility index (Phi) is 2.87. The molecule has 2 N–H and O–H groups in total. The lowest BCUT2D eigenvalue weighted by molar-refractivity contribution is 0.426. The Balaban J connectivity index is 2.27. The third-order valence-corrected chi connectivity index (χ3v) is 2.07. The minimum absolute atomic E-state index is 0.00780. The maximum absolute atomic E-state index is 13.4. The molecule has 0 saturated heterocycles. The molecule has 0 aliphatic rings. The van der Waals surface area contributed by atoms with E-state index in [9.17, 15) is 4.39 Å². The van der Waals surface area contributed by atoms with E-state index in [1.54, 1.807) is 6.07 Å². The highest BCUT2D eigenvalue weighted by atomic mass is 35.5. The van der Waals surface area contributed by atoms with Gasteiger partial charge in [0.2, 0.25) is 5.88 Å². The fraction of sp³-hybridized carbons (Fsp3) is 0. The van der Waals surface area contributed by atoms with Gasteiger partial charge < -0.3 is 10.5 Å². The molecule has 1 aromatic heterocycles. The van der Waals surface area contributed by atoms with Crippen LogP contribution in [0.15, 0.2) is 30.6 Å². The fourth-order valence-corrected chi connectivity index (χ4v) is 1.22. The Labute approximate surface area is 95.9 Å². The Bertz CT molecular complexity index is 504. The Morgan fingerprint density at radius 2 is 2.06 bits per heavy atom. The van der Waals surface area contributed by atoms with E-state index in [0.717, 1.165) is 0 Å². The van der Waals surface area contributed by atoms with Crippen molar-refractivity contribution in [1.29, 1.82) is 0 Å². The molecule has 0 spiro atoms. The highest BCUT2D eigenvalue weighted by molar-refractivity contribution is 6.30. The summed E-state index contributed by atoms with van der Waals surface area (Å²) in [6.07, 6.45) is 2.62. The van der Waals surface area contributed by atoms with Gasteiger partial charge in [-0.1, -0.05) is 17.7 Å². The average molecular weight is 240 g/mol. The van der Waals surface area contributed by atoms with Crippen molar-refractivity contribution in [1.82, 2.24) is 9.97 Å². The van der Waals surface area contributed by atoms with Crippen LogP contribution in [0.25, 0.3) is 0 Å². The summed E-state index contributed by atoms with van der Waals surface area (Å²) in [5, 5.41) is -0.0131. The molecule has 0 aliphatic heterocycles. The van der Waals surface area contributed by atoms with E-state index in [-0.39, 0.29) is 22.5 Å². The Hall–Kier alpha value is -1.88. The van der Waals surface area contributed by atoms with Crippen LogP contribution in [0.2, 0.25) is 5.02 Å². The number of anilines is 1. The number of benzene rings is 1. The summed E-state index contributed by atoms with van der Waals surface area (Å²) < 4.78 is 18.6. The molecule has 0 fully saturated rings. The molecule has 4 nitrogen and oxygen atoms in total. The summed E-state index contributed by atoms with van der Waals surface area (Å²) in [5.41, 5.74) is 5.35. The molecule has 2 aromatic rings. The monoisotopic (exact) mass is 239 g/mol. The second-order valence-corrected chi connectivity index (χ2v) is 3.34. The molecule has 0 bridgehead atoms. The summed E-state index contributed by atoms with van der Waals surface area (Å²) >= 11 is 5.59. The normalized spacial score (nSPS) is 10.1. The first-order valence-corrected chi connectivity index (χ1v) is 4.74. The smallest absolute Gasteiger partial charge is 0.238 e. The standard InChI is InChI=1S/C10H7ClFN3O/c11-6-2-1-3-7(10(6)12)16-9-5-14-8(13)4-15-9/h1-5H,(H2,13,14). The van der Waals surface area contributed by atoms with Crippen molar-refractivity contribution in [2.75, 3.05) is 5.73 Å². The van der Waals surface area contributed by atoms with Crippen LogP contribution in [0.1, 0.15) is 0 Å². The molecule has 0 amide bonds. The molecule has 2 rings (SSSR count). The zero-order valence-corrected chi connectivity index (χ0v) is 8.78. The summed E-state index contributed by atoms with van der Waals surface area (Å²) in [7, 11) is 0. The van der Waals surface area contributed by atoms with Crippen LogP contribution in [0.3, 0.4) is 0 Å². The predicted octanol–water partition coefficient (Wildman–Crippen LogP) is 2.64. The molecule has 6 heteroatoms. The van der Waals surface area contributed by atoms with Crippen molar-refractivity contribution in [3.63, 3.8) is 0 Å². The number of rotatable bonds is 2. The van der Waals surface area contributed by atoms with Crippen molar-refractivity contribution in [3.8, 4) is 11.6 Å². The zero-order valence-electron chi connectivity index (χ0n) is 8.02. The molecule has 0 radical (unpaired) electrons. The first-order valence-electron chi connectivity index (χ1n) is 4.36. The number of nitrogen functional groups attached to an aromatic ring is 1. The van der Waals surface area contributed by atoms with Gasteiger partial charge in [0.15, 0.2) is 11.6 Å². The van der Waals surface area contributed by atoms with Gasteiger partial charge in [-0.05, 0) is 12.1 Å². The average Bonchev–Trinajstić information content (AvgIpc) is 2.28. The highest BCUT2D eigenvalue weighted by Gasteiger charge is 2.08. The number of hydrogen-bond donors (Lipinski definition) is 1. The van der Waals surface area contributed by atoms with E-state index in [1.807, 2.05) is 0 Å². The number of aromatic nitrogens is 2.